The second kappa shape index (κ2) is 7.43. The standard InChI is InChI=1S/C21H16FN5O3/c1-11-7-13(19-14(8-11)20(29)27(2)21(19)30)9-18(28)24-17-6-4-15(25-26-17)12-3-5-16(22)23-10-12/h3-8,10H,9H2,1-2H3,(H,24,26,28). The number of nitrogens with one attached hydrogen (secondary N) is 1. The fourth-order valence-corrected chi connectivity index (χ4v) is 3.30. The van der Waals surface area contributed by atoms with Gasteiger partial charge in [0, 0.05) is 18.8 Å². The van der Waals surface area contributed by atoms with Gasteiger partial charge in [0.2, 0.25) is 11.9 Å². The van der Waals surface area contributed by atoms with Gasteiger partial charge in [-0.25, -0.2) is 4.98 Å². The molecule has 0 fully saturated rings. The Morgan fingerprint density at radius 1 is 1.10 bits per heavy atom. The molecule has 30 heavy (non-hydrogen) atoms. The Hall–Kier alpha value is -4.01. The summed E-state index contributed by atoms with van der Waals surface area (Å²) in [6.07, 6.45) is 1.24. The van der Waals surface area contributed by atoms with E-state index in [0.29, 0.717) is 22.4 Å². The summed E-state index contributed by atoms with van der Waals surface area (Å²) in [4.78, 5) is 41.7. The number of anilines is 1. The van der Waals surface area contributed by atoms with Gasteiger partial charge in [-0.3, -0.25) is 19.3 Å². The summed E-state index contributed by atoms with van der Waals surface area (Å²) in [5.41, 5.74) is 2.89. The van der Waals surface area contributed by atoms with Crippen LogP contribution in [0.5, 0.6) is 0 Å². The molecule has 150 valence electrons. The zero-order chi connectivity index (χ0) is 21.4. The summed E-state index contributed by atoms with van der Waals surface area (Å²) >= 11 is 0. The van der Waals surface area contributed by atoms with Gasteiger partial charge in [-0.2, -0.15) is 4.39 Å². The Kier molecular flexibility index (Phi) is 4.78. The number of halogens is 1. The third-order valence-corrected chi connectivity index (χ3v) is 4.72. The van der Waals surface area contributed by atoms with Gasteiger partial charge < -0.3 is 5.32 Å². The van der Waals surface area contributed by atoms with E-state index >= 15 is 0 Å². The Balaban J connectivity index is 1.51. The van der Waals surface area contributed by atoms with Crippen molar-refractivity contribution in [1.29, 1.82) is 0 Å². The molecule has 9 heteroatoms. The van der Waals surface area contributed by atoms with Gasteiger partial charge >= 0.3 is 0 Å². The first kappa shape index (κ1) is 19.3. The number of carbonyl (C=O) groups excluding carboxylic acids is 3. The van der Waals surface area contributed by atoms with Gasteiger partial charge in [-0.05, 0) is 48.4 Å². The van der Waals surface area contributed by atoms with Crippen LogP contribution in [0.4, 0.5) is 10.2 Å². The molecule has 8 nitrogen and oxygen atoms in total. The monoisotopic (exact) mass is 405 g/mol. The highest BCUT2D eigenvalue weighted by Crippen LogP contribution is 2.27. The molecule has 1 N–H and O–H groups in total. The van der Waals surface area contributed by atoms with E-state index in [1.165, 1.54) is 25.4 Å². The third kappa shape index (κ3) is 3.52. The van der Waals surface area contributed by atoms with Gasteiger partial charge in [0.25, 0.3) is 11.8 Å². The fraction of sp³-hybridized carbons (Fsp3) is 0.143. The number of fused-ring (bicyclic) bond motifs is 1. The summed E-state index contributed by atoms with van der Waals surface area (Å²) in [5.74, 6) is -1.57. The highest BCUT2D eigenvalue weighted by Gasteiger charge is 2.35. The average Bonchev–Trinajstić information content (AvgIpc) is 2.93. The lowest BCUT2D eigenvalue weighted by Gasteiger charge is -2.09. The number of hydrogen-bond acceptors (Lipinski definition) is 6. The molecule has 0 atom stereocenters. The number of carbonyl (C=O) groups is 3. The maximum atomic E-state index is 12.9. The summed E-state index contributed by atoms with van der Waals surface area (Å²) in [6, 6.07) is 9.30. The van der Waals surface area contributed by atoms with Crippen LogP contribution >= 0.6 is 0 Å². The molecule has 2 aromatic heterocycles. The summed E-state index contributed by atoms with van der Waals surface area (Å²) in [5, 5.41) is 10.6. The van der Waals surface area contributed by atoms with Crippen LogP contribution in [0.1, 0.15) is 31.8 Å². The minimum atomic E-state index is -0.593. The zero-order valence-corrected chi connectivity index (χ0v) is 16.1. The van der Waals surface area contributed by atoms with Crippen molar-refractivity contribution in [1.82, 2.24) is 20.1 Å². The number of benzene rings is 1. The van der Waals surface area contributed by atoms with E-state index in [1.54, 1.807) is 31.2 Å². The number of nitrogens with zero attached hydrogens (tertiary/aromatic N) is 4. The largest absolute Gasteiger partial charge is 0.309 e. The molecule has 3 aromatic rings. The van der Waals surface area contributed by atoms with E-state index < -0.39 is 17.8 Å². The van der Waals surface area contributed by atoms with Gasteiger partial charge in [-0.1, -0.05) is 6.07 Å². The highest BCUT2D eigenvalue weighted by molar-refractivity contribution is 6.22. The molecule has 3 heterocycles. The predicted octanol–water partition coefficient (Wildman–Crippen LogP) is 2.39. The predicted molar refractivity (Wildman–Crippen MR) is 105 cm³/mol. The van der Waals surface area contributed by atoms with E-state index in [9.17, 15) is 18.8 Å². The van der Waals surface area contributed by atoms with Crippen molar-refractivity contribution in [3.8, 4) is 11.3 Å². The Morgan fingerprint density at radius 3 is 2.57 bits per heavy atom. The quantitative estimate of drug-likeness (QED) is 0.528. The molecule has 0 saturated carbocycles. The first-order valence-corrected chi connectivity index (χ1v) is 9.05. The van der Waals surface area contributed by atoms with Gasteiger partial charge in [-0.15, -0.1) is 10.2 Å². The van der Waals surface area contributed by atoms with E-state index in [4.69, 9.17) is 0 Å². The van der Waals surface area contributed by atoms with Crippen LogP contribution in [0.2, 0.25) is 0 Å². The molecular weight excluding hydrogens is 389 g/mol. The number of amides is 3. The maximum absolute atomic E-state index is 12.9. The second-order valence-corrected chi connectivity index (χ2v) is 6.91. The topological polar surface area (TPSA) is 105 Å². The molecule has 4 rings (SSSR count). The van der Waals surface area contributed by atoms with Crippen molar-refractivity contribution in [2.24, 2.45) is 0 Å². The molecule has 1 aliphatic rings. The first-order valence-electron chi connectivity index (χ1n) is 9.05. The van der Waals surface area contributed by atoms with Crippen molar-refractivity contribution < 1.29 is 18.8 Å². The number of pyridine rings is 1. The van der Waals surface area contributed by atoms with Gasteiger partial charge in [0.1, 0.15) is 0 Å². The van der Waals surface area contributed by atoms with Crippen LogP contribution in [0, 0.1) is 12.9 Å². The molecule has 0 spiro atoms. The first-order chi connectivity index (χ1) is 14.3. The van der Waals surface area contributed by atoms with Crippen LogP contribution in [0.25, 0.3) is 11.3 Å². The molecule has 0 unspecified atom stereocenters. The lowest BCUT2D eigenvalue weighted by atomic mass is 9.97. The zero-order valence-electron chi connectivity index (χ0n) is 16.1. The highest BCUT2D eigenvalue weighted by atomic mass is 19.1. The van der Waals surface area contributed by atoms with Gasteiger partial charge in [0.15, 0.2) is 5.82 Å². The smallest absolute Gasteiger partial charge is 0.261 e. The SMILES string of the molecule is Cc1cc(CC(=O)Nc2ccc(-c3ccc(F)nc3)nn2)c2c(c1)C(=O)N(C)C2=O. The van der Waals surface area contributed by atoms with Gasteiger partial charge in [0.05, 0.1) is 23.2 Å². The van der Waals surface area contributed by atoms with E-state index in [0.717, 1.165) is 10.5 Å². The minimum absolute atomic E-state index is 0.0951. The molecule has 1 aliphatic heterocycles. The fourth-order valence-electron chi connectivity index (χ4n) is 3.30. The Bertz CT molecular complexity index is 1180. The summed E-state index contributed by atoms with van der Waals surface area (Å²) < 4.78 is 12.9. The average molecular weight is 405 g/mol. The van der Waals surface area contributed by atoms with Crippen LogP contribution in [-0.4, -0.2) is 44.9 Å². The lowest BCUT2D eigenvalue weighted by Crippen LogP contribution is -2.25. The van der Waals surface area contributed by atoms with Crippen LogP contribution in [0.15, 0.2) is 42.6 Å². The van der Waals surface area contributed by atoms with E-state index in [1.807, 2.05) is 0 Å². The lowest BCUT2D eigenvalue weighted by molar-refractivity contribution is -0.115. The molecule has 3 amide bonds. The molecule has 0 radical (unpaired) electrons. The van der Waals surface area contributed by atoms with Crippen LogP contribution < -0.4 is 5.32 Å². The molecular formula is C21H16FN5O3. The van der Waals surface area contributed by atoms with E-state index in [-0.39, 0.29) is 23.7 Å². The van der Waals surface area contributed by atoms with Crippen molar-refractivity contribution in [2.75, 3.05) is 12.4 Å². The Labute approximate surface area is 170 Å². The number of imide groups is 1. The number of hydrogen-bond donors (Lipinski definition) is 1. The number of rotatable bonds is 4. The normalized spacial score (nSPS) is 12.8. The van der Waals surface area contributed by atoms with Crippen molar-refractivity contribution in [3.63, 3.8) is 0 Å². The Morgan fingerprint density at radius 2 is 1.90 bits per heavy atom. The second-order valence-electron chi connectivity index (χ2n) is 6.91. The molecule has 0 saturated heterocycles. The number of aryl methyl sites for hydroxylation is 1. The molecule has 1 aromatic carbocycles. The molecule has 0 aliphatic carbocycles. The maximum Gasteiger partial charge on any atom is 0.261 e. The van der Waals surface area contributed by atoms with Crippen molar-refractivity contribution >= 4 is 23.5 Å². The van der Waals surface area contributed by atoms with E-state index in [2.05, 4.69) is 20.5 Å². The number of aromatic nitrogens is 3. The minimum Gasteiger partial charge on any atom is -0.309 e. The summed E-state index contributed by atoms with van der Waals surface area (Å²) in [7, 11) is 1.41. The van der Waals surface area contributed by atoms with Crippen LogP contribution in [-0.2, 0) is 11.2 Å². The third-order valence-electron chi connectivity index (χ3n) is 4.72. The van der Waals surface area contributed by atoms with Crippen LogP contribution in [0.3, 0.4) is 0 Å². The molecule has 0 bridgehead atoms. The van der Waals surface area contributed by atoms with Crippen molar-refractivity contribution in [3.05, 3.63) is 70.8 Å². The van der Waals surface area contributed by atoms with Crippen molar-refractivity contribution in [2.45, 2.75) is 13.3 Å². The summed E-state index contributed by atoms with van der Waals surface area (Å²) in [6.45, 7) is 1.80.